The lowest BCUT2D eigenvalue weighted by Crippen LogP contribution is -2.16. The van der Waals surface area contributed by atoms with Crippen LogP contribution >= 0.6 is 0 Å². The summed E-state index contributed by atoms with van der Waals surface area (Å²) < 4.78 is 5.44. The van der Waals surface area contributed by atoms with E-state index in [0.29, 0.717) is 24.7 Å². The summed E-state index contributed by atoms with van der Waals surface area (Å²) in [6, 6.07) is 0. The molecule has 0 aliphatic carbocycles. The molecule has 18 heavy (non-hydrogen) atoms. The Bertz CT molecular complexity index is 541. The number of nitrogens with one attached hydrogen (secondary N) is 1. The predicted molar refractivity (Wildman–Crippen MR) is 66.0 cm³/mol. The SMILES string of the molecule is CNc1nc(-c2cnccn2)nc2c1COCC2. The Kier molecular flexibility index (Phi) is 2.85. The van der Waals surface area contributed by atoms with Gasteiger partial charge in [-0.15, -0.1) is 0 Å². The van der Waals surface area contributed by atoms with Crippen LogP contribution < -0.4 is 5.32 Å². The fourth-order valence-corrected chi connectivity index (χ4v) is 1.97. The molecule has 1 N–H and O–H groups in total. The van der Waals surface area contributed by atoms with E-state index in [0.717, 1.165) is 23.5 Å². The molecule has 0 saturated heterocycles. The third-order valence-corrected chi connectivity index (χ3v) is 2.85. The zero-order chi connectivity index (χ0) is 12.4. The number of ether oxygens (including phenoxy) is 1. The molecule has 3 rings (SSSR count). The second-order valence-corrected chi connectivity index (χ2v) is 3.96. The van der Waals surface area contributed by atoms with Crippen LogP contribution in [0.25, 0.3) is 11.5 Å². The summed E-state index contributed by atoms with van der Waals surface area (Å²) in [4.78, 5) is 17.3. The van der Waals surface area contributed by atoms with Gasteiger partial charge in [0.05, 0.1) is 25.1 Å². The fourth-order valence-electron chi connectivity index (χ4n) is 1.97. The highest BCUT2D eigenvalue weighted by atomic mass is 16.5. The van der Waals surface area contributed by atoms with Crippen molar-refractivity contribution in [3.63, 3.8) is 0 Å². The Balaban J connectivity index is 2.12. The summed E-state index contributed by atoms with van der Waals surface area (Å²) in [6.45, 7) is 1.26. The topological polar surface area (TPSA) is 72.8 Å². The molecule has 3 heterocycles. The zero-order valence-electron chi connectivity index (χ0n) is 10.1. The smallest absolute Gasteiger partial charge is 0.182 e. The predicted octanol–water partition coefficient (Wildman–Crippen LogP) is 1.05. The molecule has 2 aromatic heterocycles. The Morgan fingerprint density at radius 2 is 2.22 bits per heavy atom. The Hall–Kier alpha value is -2.08. The molecule has 0 bridgehead atoms. The third-order valence-electron chi connectivity index (χ3n) is 2.85. The maximum atomic E-state index is 5.44. The molecule has 2 aromatic rings. The molecular formula is C12H13N5O. The average molecular weight is 243 g/mol. The first-order valence-electron chi connectivity index (χ1n) is 5.80. The zero-order valence-corrected chi connectivity index (χ0v) is 10.1. The van der Waals surface area contributed by atoms with Crippen molar-refractivity contribution in [3.8, 4) is 11.5 Å². The van der Waals surface area contributed by atoms with E-state index in [1.165, 1.54) is 0 Å². The van der Waals surface area contributed by atoms with E-state index in [4.69, 9.17) is 4.74 Å². The van der Waals surface area contributed by atoms with Crippen molar-refractivity contribution in [2.45, 2.75) is 13.0 Å². The van der Waals surface area contributed by atoms with Crippen LogP contribution in [0.3, 0.4) is 0 Å². The number of hydrogen-bond donors (Lipinski definition) is 1. The fraction of sp³-hybridized carbons (Fsp3) is 0.333. The van der Waals surface area contributed by atoms with E-state index in [9.17, 15) is 0 Å². The Morgan fingerprint density at radius 3 is 3.00 bits per heavy atom. The number of nitrogens with zero attached hydrogens (tertiary/aromatic N) is 4. The summed E-state index contributed by atoms with van der Waals surface area (Å²) in [6.07, 6.45) is 5.75. The van der Waals surface area contributed by atoms with E-state index in [2.05, 4.69) is 25.3 Å². The second-order valence-electron chi connectivity index (χ2n) is 3.96. The van der Waals surface area contributed by atoms with Crippen molar-refractivity contribution in [1.82, 2.24) is 19.9 Å². The lowest BCUT2D eigenvalue weighted by molar-refractivity contribution is 0.109. The van der Waals surface area contributed by atoms with Crippen LogP contribution in [0.15, 0.2) is 18.6 Å². The molecule has 0 aromatic carbocycles. The van der Waals surface area contributed by atoms with Gasteiger partial charge < -0.3 is 10.1 Å². The maximum Gasteiger partial charge on any atom is 0.182 e. The van der Waals surface area contributed by atoms with Crippen LogP contribution in [0.2, 0.25) is 0 Å². The average Bonchev–Trinajstić information content (AvgIpc) is 2.47. The van der Waals surface area contributed by atoms with Gasteiger partial charge in [0.25, 0.3) is 0 Å². The van der Waals surface area contributed by atoms with Crippen molar-refractivity contribution < 1.29 is 4.74 Å². The molecule has 6 heteroatoms. The molecule has 0 radical (unpaired) electrons. The van der Waals surface area contributed by atoms with E-state index in [1.807, 2.05) is 7.05 Å². The standard InChI is InChI=1S/C12H13N5O/c1-13-11-8-7-18-5-2-9(8)16-12(17-11)10-6-14-3-4-15-10/h3-4,6H,2,5,7H2,1H3,(H,13,16,17). The highest BCUT2D eigenvalue weighted by molar-refractivity contribution is 5.56. The van der Waals surface area contributed by atoms with Gasteiger partial charge in [-0.25, -0.2) is 15.0 Å². The van der Waals surface area contributed by atoms with Crippen molar-refractivity contribution in [1.29, 1.82) is 0 Å². The van der Waals surface area contributed by atoms with Crippen molar-refractivity contribution in [2.24, 2.45) is 0 Å². The lowest BCUT2D eigenvalue weighted by Gasteiger charge is -2.18. The number of aromatic nitrogens is 4. The first-order chi connectivity index (χ1) is 8.88. The van der Waals surface area contributed by atoms with Gasteiger partial charge in [0.15, 0.2) is 5.82 Å². The van der Waals surface area contributed by atoms with Crippen LogP contribution in [-0.4, -0.2) is 33.6 Å². The van der Waals surface area contributed by atoms with Gasteiger partial charge in [-0.1, -0.05) is 0 Å². The van der Waals surface area contributed by atoms with E-state index >= 15 is 0 Å². The minimum Gasteiger partial charge on any atom is -0.376 e. The van der Waals surface area contributed by atoms with Crippen molar-refractivity contribution in [3.05, 3.63) is 29.8 Å². The van der Waals surface area contributed by atoms with Crippen LogP contribution in [-0.2, 0) is 17.8 Å². The van der Waals surface area contributed by atoms with Gasteiger partial charge in [-0.2, -0.15) is 0 Å². The van der Waals surface area contributed by atoms with Crippen molar-refractivity contribution >= 4 is 5.82 Å². The lowest BCUT2D eigenvalue weighted by atomic mass is 10.1. The highest BCUT2D eigenvalue weighted by Crippen LogP contribution is 2.24. The number of fused-ring (bicyclic) bond motifs is 1. The van der Waals surface area contributed by atoms with Gasteiger partial charge in [0, 0.05) is 31.4 Å². The molecule has 92 valence electrons. The van der Waals surface area contributed by atoms with Gasteiger partial charge in [-0.05, 0) is 0 Å². The summed E-state index contributed by atoms with van der Waals surface area (Å²) in [5.74, 6) is 1.41. The summed E-state index contributed by atoms with van der Waals surface area (Å²) in [5.41, 5.74) is 2.75. The van der Waals surface area contributed by atoms with Crippen LogP contribution in [0, 0.1) is 0 Å². The van der Waals surface area contributed by atoms with E-state index < -0.39 is 0 Å². The molecular weight excluding hydrogens is 230 g/mol. The van der Waals surface area contributed by atoms with Crippen LogP contribution in [0.5, 0.6) is 0 Å². The molecule has 0 fully saturated rings. The maximum absolute atomic E-state index is 5.44. The minimum absolute atomic E-state index is 0.562. The molecule has 0 amide bonds. The van der Waals surface area contributed by atoms with Crippen LogP contribution in [0.4, 0.5) is 5.82 Å². The Labute approximate surface area is 104 Å². The number of rotatable bonds is 2. The normalized spacial score (nSPS) is 14.1. The first kappa shape index (κ1) is 11.0. The molecule has 1 aliphatic heterocycles. The quantitative estimate of drug-likeness (QED) is 0.849. The Morgan fingerprint density at radius 1 is 1.28 bits per heavy atom. The van der Waals surface area contributed by atoms with Gasteiger partial charge in [-0.3, -0.25) is 4.98 Å². The highest BCUT2D eigenvalue weighted by Gasteiger charge is 2.18. The number of anilines is 1. The second kappa shape index (κ2) is 4.66. The largest absolute Gasteiger partial charge is 0.376 e. The van der Waals surface area contributed by atoms with Gasteiger partial charge in [0.1, 0.15) is 11.5 Å². The van der Waals surface area contributed by atoms with Crippen molar-refractivity contribution in [2.75, 3.05) is 19.0 Å². The van der Waals surface area contributed by atoms with Gasteiger partial charge in [0.2, 0.25) is 0 Å². The summed E-state index contributed by atoms with van der Waals surface area (Å²) in [5, 5.41) is 3.09. The molecule has 0 atom stereocenters. The molecule has 1 aliphatic rings. The van der Waals surface area contributed by atoms with E-state index in [-0.39, 0.29) is 0 Å². The summed E-state index contributed by atoms with van der Waals surface area (Å²) >= 11 is 0. The molecule has 6 nitrogen and oxygen atoms in total. The first-order valence-corrected chi connectivity index (χ1v) is 5.80. The minimum atomic E-state index is 0.562. The summed E-state index contributed by atoms with van der Waals surface area (Å²) in [7, 11) is 1.84. The molecule has 0 spiro atoms. The molecule has 0 unspecified atom stereocenters. The third kappa shape index (κ3) is 1.91. The molecule has 0 saturated carbocycles. The van der Waals surface area contributed by atoms with Gasteiger partial charge >= 0.3 is 0 Å². The van der Waals surface area contributed by atoms with Crippen LogP contribution in [0.1, 0.15) is 11.3 Å². The number of hydrogen-bond acceptors (Lipinski definition) is 6. The monoisotopic (exact) mass is 243 g/mol. The van der Waals surface area contributed by atoms with E-state index in [1.54, 1.807) is 18.6 Å².